The maximum absolute atomic E-state index is 11.2. The number of guanidine groups is 1. The highest BCUT2D eigenvalue weighted by Gasteiger charge is 2.23. The first-order valence-corrected chi connectivity index (χ1v) is 9.88. The molecule has 0 aliphatic carbocycles. The van der Waals surface area contributed by atoms with Crippen LogP contribution in [0.1, 0.15) is 32.6 Å². The number of aliphatic imine (C=N–C) groups is 1. The van der Waals surface area contributed by atoms with Crippen LogP contribution in [-0.4, -0.2) is 52.5 Å². The number of piperidine rings is 1. The number of amides is 1. The molecule has 3 rings (SSSR count). The van der Waals surface area contributed by atoms with Crippen LogP contribution in [-0.2, 0) is 11.3 Å². The summed E-state index contributed by atoms with van der Waals surface area (Å²) in [4.78, 5) is 22.8. The number of primary amides is 1. The van der Waals surface area contributed by atoms with Crippen molar-refractivity contribution >= 4 is 46.9 Å². The molecule has 1 fully saturated rings. The fourth-order valence-electron chi connectivity index (χ4n) is 3.75. The Morgan fingerprint density at radius 2 is 2.21 bits per heavy atom. The van der Waals surface area contributed by atoms with Gasteiger partial charge in [0.15, 0.2) is 5.96 Å². The highest BCUT2D eigenvalue weighted by atomic mass is 127. The van der Waals surface area contributed by atoms with Crippen molar-refractivity contribution in [2.75, 3.05) is 26.2 Å². The van der Waals surface area contributed by atoms with E-state index in [1.54, 1.807) is 0 Å². The lowest BCUT2D eigenvalue weighted by Crippen LogP contribution is -2.47. The van der Waals surface area contributed by atoms with Gasteiger partial charge in [0.1, 0.15) is 0 Å². The van der Waals surface area contributed by atoms with Crippen LogP contribution in [0.3, 0.4) is 0 Å². The molecule has 28 heavy (non-hydrogen) atoms. The second-order valence-corrected chi connectivity index (χ2v) is 7.14. The van der Waals surface area contributed by atoms with E-state index in [4.69, 9.17) is 10.7 Å². The molecule has 0 spiro atoms. The van der Waals surface area contributed by atoms with Crippen molar-refractivity contribution in [3.8, 4) is 0 Å². The first-order chi connectivity index (χ1) is 13.2. The third kappa shape index (κ3) is 6.08. The van der Waals surface area contributed by atoms with Gasteiger partial charge in [-0.2, -0.15) is 0 Å². The molecular weight excluding hydrogens is 467 g/mol. The number of halogens is 1. The molecule has 3 N–H and O–H groups in total. The zero-order valence-corrected chi connectivity index (χ0v) is 18.8. The van der Waals surface area contributed by atoms with E-state index in [2.05, 4.69) is 32.8 Å². The first kappa shape index (κ1) is 22.4. The van der Waals surface area contributed by atoms with Gasteiger partial charge in [0.25, 0.3) is 0 Å². The highest BCUT2D eigenvalue weighted by molar-refractivity contribution is 14.0. The molecule has 2 heterocycles. The summed E-state index contributed by atoms with van der Waals surface area (Å²) in [6.07, 6.45) is 5.45. The zero-order chi connectivity index (χ0) is 19.1. The molecule has 154 valence electrons. The van der Waals surface area contributed by atoms with E-state index in [1.807, 2.05) is 24.5 Å². The summed E-state index contributed by atoms with van der Waals surface area (Å²) in [5, 5.41) is 3.39. The molecule has 0 bridgehead atoms. The lowest BCUT2D eigenvalue weighted by Gasteiger charge is -2.34. The summed E-state index contributed by atoms with van der Waals surface area (Å²) in [6, 6.07) is 8.19. The molecule has 0 radical (unpaired) electrons. The molecule has 0 saturated carbocycles. The smallest absolute Gasteiger partial charge is 0.217 e. The molecule has 8 heteroatoms. The number of rotatable bonds is 7. The molecule has 1 unspecified atom stereocenters. The first-order valence-electron chi connectivity index (χ1n) is 9.88. The number of likely N-dealkylation sites (tertiary alicyclic amines) is 1. The number of aryl methyl sites for hydroxylation is 1. The number of imidazole rings is 1. The van der Waals surface area contributed by atoms with Gasteiger partial charge < -0.3 is 20.5 Å². The number of fused-ring (bicyclic) bond motifs is 1. The van der Waals surface area contributed by atoms with Crippen LogP contribution in [0.2, 0.25) is 0 Å². The van der Waals surface area contributed by atoms with Crippen molar-refractivity contribution in [1.29, 1.82) is 0 Å². The molecule has 1 amide bonds. The van der Waals surface area contributed by atoms with Crippen molar-refractivity contribution in [3.63, 3.8) is 0 Å². The summed E-state index contributed by atoms with van der Waals surface area (Å²) < 4.78 is 2.18. The van der Waals surface area contributed by atoms with Crippen LogP contribution < -0.4 is 11.1 Å². The molecule has 1 aliphatic rings. The Hall–Kier alpha value is -1.84. The van der Waals surface area contributed by atoms with Crippen LogP contribution in [0.25, 0.3) is 11.0 Å². The Kier molecular flexibility index (Phi) is 9.01. The molecular formula is C20H31IN6O. The number of carbonyl (C=O) groups is 1. The Balaban J connectivity index is 0.00000280. The normalized spacial score (nSPS) is 17.4. The second kappa shape index (κ2) is 11.2. The van der Waals surface area contributed by atoms with E-state index in [9.17, 15) is 4.79 Å². The number of para-hydroxylation sites is 2. The van der Waals surface area contributed by atoms with Crippen LogP contribution in [0.15, 0.2) is 35.6 Å². The molecule has 2 aromatic rings. The third-order valence-electron chi connectivity index (χ3n) is 4.99. The largest absolute Gasteiger partial charge is 0.370 e. The number of aromatic nitrogens is 2. The topological polar surface area (TPSA) is 88.5 Å². The fourth-order valence-corrected chi connectivity index (χ4v) is 3.75. The van der Waals surface area contributed by atoms with Gasteiger partial charge in [-0.1, -0.05) is 12.1 Å². The maximum Gasteiger partial charge on any atom is 0.217 e. The number of nitrogens with zero attached hydrogens (tertiary/aromatic N) is 4. The van der Waals surface area contributed by atoms with Crippen LogP contribution in [0.5, 0.6) is 0 Å². The Labute approximate surface area is 183 Å². The highest BCUT2D eigenvalue weighted by Crippen LogP contribution is 2.19. The predicted molar refractivity (Wildman–Crippen MR) is 124 cm³/mol. The van der Waals surface area contributed by atoms with Gasteiger partial charge in [0, 0.05) is 39.1 Å². The van der Waals surface area contributed by atoms with Crippen LogP contribution in [0.4, 0.5) is 0 Å². The van der Waals surface area contributed by atoms with Crippen molar-refractivity contribution in [2.24, 2.45) is 16.6 Å². The summed E-state index contributed by atoms with van der Waals surface area (Å²) in [5.41, 5.74) is 7.57. The van der Waals surface area contributed by atoms with E-state index >= 15 is 0 Å². The van der Waals surface area contributed by atoms with Gasteiger partial charge in [-0.05, 0) is 44.2 Å². The van der Waals surface area contributed by atoms with Gasteiger partial charge in [0.05, 0.1) is 17.4 Å². The molecule has 1 aromatic heterocycles. The van der Waals surface area contributed by atoms with Crippen molar-refractivity contribution < 1.29 is 4.79 Å². The van der Waals surface area contributed by atoms with Gasteiger partial charge >= 0.3 is 0 Å². The number of carbonyl (C=O) groups excluding carboxylic acids is 1. The Morgan fingerprint density at radius 1 is 1.39 bits per heavy atom. The van der Waals surface area contributed by atoms with Crippen molar-refractivity contribution in [1.82, 2.24) is 19.8 Å². The van der Waals surface area contributed by atoms with Gasteiger partial charge in [0.2, 0.25) is 5.91 Å². The summed E-state index contributed by atoms with van der Waals surface area (Å²) in [7, 11) is 0. The standard InChI is InChI=1S/C20H30N6O.HI/c1-2-22-20(25-11-5-7-16(14-25)13-19(21)27)23-10-6-12-26-15-24-17-8-3-4-9-18(17)26;/h3-4,8-9,15-16H,2,5-7,10-14H2,1H3,(H2,21,27)(H,22,23);1H. The van der Waals surface area contributed by atoms with E-state index < -0.39 is 0 Å². The minimum atomic E-state index is -0.212. The number of nitrogens with one attached hydrogen (secondary N) is 1. The van der Waals surface area contributed by atoms with Crippen molar-refractivity contribution in [2.45, 2.75) is 39.2 Å². The number of hydrogen-bond donors (Lipinski definition) is 2. The number of hydrogen-bond acceptors (Lipinski definition) is 3. The van der Waals surface area contributed by atoms with E-state index in [-0.39, 0.29) is 29.9 Å². The SMILES string of the molecule is CCNC(=NCCCn1cnc2ccccc21)N1CCCC(CC(N)=O)C1.I. The van der Waals surface area contributed by atoms with Crippen LogP contribution >= 0.6 is 24.0 Å². The maximum atomic E-state index is 11.2. The lowest BCUT2D eigenvalue weighted by molar-refractivity contribution is -0.119. The minimum absolute atomic E-state index is 0. The van der Waals surface area contributed by atoms with Crippen molar-refractivity contribution in [3.05, 3.63) is 30.6 Å². The van der Waals surface area contributed by atoms with E-state index in [0.29, 0.717) is 12.3 Å². The molecule has 7 nitrogen and oxygen atoms in total. The van der Waals surface area contributed by atoms with Gasteiger partial charge in [-0.15, -0.1) is 24.0 Å². The minimum Gasteiger partial charge on any atom is -0.370 e. The third-order valence-corrected chi connectivity index (χ3v) is 4.99. The molecule has 1 saturated heterocycles. The summed E-state index contributed by atoms with van der Waals surface area (Å²) in [5.74, 6) is 1.07. The number of nitrogens with two attached hydrogens (primary N) is 1. The van der Waals surface area contributed by atoms with E-state index in [1.165, 1.54) is 5.52 Å². The fraction of sp³-hybridized carbons (Fsp3) is 0.550. The van der Waals surface area contributed by atoms with Gasteiger partial charge in [-0.3, -0.25) is 9.79 Å². The number of benzene rings is 1. The van der Waals surface area contributed by atoms with E-state index in [0.717, 1.165) is 63.5 Å². The molecule has 1 atom stereocenters. The second-order valence-electron chi connectivity index (χ2n) is 7.14. The Morgan fingerprint density at radius 3 is 3.00 bits per heavy atom. The lowest BCUT2D eigenvalue weighted by atomic mass is 9.95. The Bertz CT molecular complexity index is 790. The quantitative estimate of drug-likeness (QED) is 0.266. The molecule has 1 aliphatic heterocycles. The monoisotopic (exact) mass is 498 g/mol. The summed E-state index contributed by atoms with van der Waals surface area (Å²) >= 11 is 0. The van der Waals surface area contributed by atoms with Crippen LogP contribution in [0, 0.1) is 5.92 Å². The molecule has 1 aromatic carbocycles. The average molecular weight is 498 g/mol. The zero-order valence-electron chi connectivity index (χ0n) is 16.5. The van der Waals surface area contributed by atoms with Gasteiger partial charge in [-0.25, -0.2) is 4.98 Å². The average Bonchev–Trinajstić information content (AvgIpc) is 3.07. The predicted octanol–water partition coefficient (Wildman–Crippen LogP) is 2.60. The summed E-state index contributed by atoms with van der Waals surface area (Å²) in [6.45, 7) is 6.40.